The van der Waals surface area contributed by atoms with Gasteiger partial charge in [-0.25, -0.2) is 4.98 Å². The van der Waals surface area contributed by atoms with E-state index in [0.29, 0.717) is 33.7 Å². The van der Waals surface area contributed by atoms with E-state index in [1.807, 2.05) is 0 Å². The van der Waals surface area contributed by atoms with Gasteiger partial charge in [-0.05, 0) is 128 Å². The average Bonchev–Trinajstić information content (AvgIpc) is 3.27. The van der Waals surface area contributed by atoms with Crippen molar-refractivity contribution >= 4 is 108 Å². The van der Waals surface area contributed by atoms with Gasteiger partial charge in [0.1, 0.15) is 11.8 Å². The molecule has 340 valence electrons. The highest BCUT2D eigenvalue weighted by molar-refractivity contribution is 7.86. The molecule has 26 heteroatoms. The first-order valence-electron chi connectivity index (χ1n) is 18.7. The van der Waals surface area contributed by atoms with Gasteiger partial charge in [-0.3, -0.25) is 18.2 Å². The fourth-order valence-electron chi connectivity index (χ4n) is 6.06. The van der Waals surface area contributed by atoms with Gasteiger partial charge in [0.25, 0.3) is 40.5 Å². The van der Waals surface area contributed by atoms with Crippen LogP contribution < -0.4 is 10.6 Å². The summed E-state index contributed by atoms with van der Waals surface area (Å²) in [6.07, 6.45) is 0. The van der Waals surface area contributed by atoms with E-state index in [1.165, 1.54) is 66.7 Å². The first kappa shape index (κ1) is 47.2. The summed E-state index contributed by atoms with van der Waals surface area (Å²) < 4.78 is 131. The third-order valence-corrected chi connectivity index (χ3v) is 12.8. The molecule has 0 saturated heterocycles. The fourth-order valence-corrected chi connectivity index (χ4v) is 8.00. The maximum atomic E-state index is 12.0. The van der Waals surface area contributed by atoms with Gasteiger partial charge < -0.3 is 10.6 Å². The molecule has 0 spiro atoms. The molecular weight excluding hydrogens is 953 g/mol. The van der Waals surface area contributed by atoms with Crippen LogP contribution in [-0.4, -0.2) is 56.9 Å². The van der Waals surface area contributed by atoms with Crippen LogP contribution in [0, 0.1) is 18.3 Å². The van der Waals surface area contributed by atoms with Crippen LogP contribution >= 0.6 is 0 Å². The fraction of sp³-hybridized carbons (Fsp3) is 0.0244. The number of fused-ring (bicyclic) bond motifs is 1. The highest BCUT2D eigenvalue weighted by Gasteiger charge is 2.20. The molecule has 0 fully saturated rings. The monoisotopic (exact) mass is 982 g/mol. The van der Waals surface area contributed by atoms with Crippen molar-refractivity contribution in [1.29, 1.82) is 5.26 Å². The molecular formula is C41H30N10O12S4. The summed E-state index contributed by atoms with van der Waals surface area (Å²) in [5.41, 5.74) is 2.31. The number of azo groups is 3. The molecule has 7 aromatic rings. The Morgan fingerprint density at radius 1 is 0.463 bits per heavy atom. The molecule has 0 bridgehead atoms. The van der Waals surface area contributed by atoms with Crippen molar-refractivity contribution in [3.05, 3.63) is 139 Å². The normalized spacial score (nSPS) is 12.5. The van der Waals surface area contributed by atoms with E-state index in [-0.39, 0.29) is 60.0 Å². The average molecular weight is 983 g/mol. The molecule has 1 heterocycles. The van der Waals surface area contributed by atoms with Crippen LogP contribution in [0.2, 0.25) is 0 Å². The maximum Gasteiger partial charge on any atom is 0.294 e. The molecule has 0 aliphatic heterocycles. The Bertz CT molecular complexity index is 3680. The Morgan fingerprint density at radius 2 is 0.836 bits per heavy atom. The first-order chi connectivity index (χ1) is 31.6. The lowest BCUT2D eigenvalue weighted by atomic mass is 10.1. The lowest BCUT2D eigenvalue weighted by Crippen LogP contribution is -2.05. The lowest BCUT2D eigenvalue weighted by molar-refractivity contribution is 0.481. The number of nitriles is 1. The molecule has 0 atom stereocenters. The third-order valence-electron chi connectivity index (χ3n) is 9.39. The van der Waals surface area contributed by atoms with Crippen LogP contribution in [-0.2, 0) is 40.5 Å². The quantitative estimate of drug-likeness (QED) is 0.0436. The predicted octanol–water partition coefficient (Wildman–Crippen LogP) is 10.1. The van der Waals surface area contributed by atoms with Crippen molar-refractivity contribution in [2.24, 2.45) is 30.7 Å². The van der Waals surface area contributed by atoms with Gasteiger partial charge in [-0.2, -0.15) is 54.3 Å². The van der Waals surface area contributed by atoms with Crippen molar-refractivity contribution in [2.45, 2.75) is 26.5 Å². The standard InChI is InChI=1S/C41H30N10O12S4/c1-24-36(23-42)40(43-25-6-12-30(13-7-25)64(52,53)54)45-41(44-26-8-14-31(15-9-26)65(55,56)57)39(24)51-48-28-4-2-27(3-5-28)46-49-37-20-21-38(35-22-33(67(61,62)63)18-19-34(35)37)50-47-29-10-16-32(17-11-29)66(58,59)60/h2-22H,1H3,(H2,43,44,45)(H,52,53,54)(H,55,56,57)(H,58,59,60)(H,61,62,63)/b49-46+,50-47+,51-48+. The molecule has 22 nitrogen and oxygen atoms in total. The first-order valence-corrected chi connectivity index (χ1v) is 24.4. The number of nitrogens with one attached hydrogen (secondary N) is 2. The smallest absolute Gasteiger partial charge is 0.294 e. The number of hydrogen-bond acceptors (Lipinski definition) is 18. The van der Waals surface area contributed by atoms with E-state index in [4.69, 9.17) is 0 Å². The third kappa shape index (κ3) is 11.4. The predicted molar refractivity (Wildman–Crippen MR) is 242 cm³/mol. The molecule has 67 heavy (non-hydrogen) atoms. The van der Waals surface area contributed by atoms with Gasteiger partial charge in [0.2, 0.25) is 0 Å². The topological polar surface area (TPSA) is 352 Å². The van der Waals surface area contributed by atoms with Crippen LogP contribution in [0.4, 0.5) is 57.1 Å². The molecule has 0 aliphatic carbocycles. The number of rotatable bonds is 14. The van der Waals surface area contributed by atoms with Crippen molar-refractivity contribution in [3.63, 3.8) is 0 Å². The summed E-state index contributed by atoms with van der Waals surface area (Å²) in [6.45, 7) is 1.58. The van der Waals surface area contributed by atoms with E-state index < -0.39 is 45.4 Å². The van der Waals surface area contributed by atoms with Crippen LogP contribution in [0.25, 0.3) is 10.8 Å². The highest BCUT2D eigenvalue weighted by Crippen LogP contribution is 2.39. The lowest BCUT2D eigenvalue weighted by Gasteiger charge is -2.16. The van der Waals surface area contributed by atoms with Gasteiger partial charge in [0, 0.05) is 27.7 Å². The van der Waals surface area contributed by atoms with Crippen molar-refractivity contribution in [2.75, 3.05) is 10.6 Å². The van der Waals surface area contributed by atoms with Crippen molar-refractivity contribution < 1.29 is 51.9 Å². The van der Waals surface area contributed by atoms with Gasteiger partial charge in [-0.15, -0.1) is 15.3 Å². The van der Waals surface area contributed by atoms with Gasteiger partial charge in [0.15, 0.2) is 11.6 Å². The van der Waals surface area contributed by atoms with Crippen LogP contribution in [0.3, 0.4) is 0 Å². The van der Waals surface area contributed by atoms with Crippen molar-refractivity contribution in [3.8, 4) is 6.07 Å². The molecule has 0 amide bonds. The summed E-state index contributed by atoms with van der Waals surface area (Å²) in [5, 5.41) is 42.3. The minimum Gasteiger partial charge on any atom is -0.339 e. The Morgan fingerprint density at radius 3 is 1.27 bits per heavy atom. The summed E-state index contributed by atoms with van der Waals surface area (Å²) in [4.78, 5) is 3.04. The van der Waals surface area contributed by atoms with Crippen molar-refractivity contribution in [1.82, 2.24) is 4.98 Å². The number of pyridine rings is 1. The molecule has 1 aromatic heterocycles. The van der Waals surface area contributed by atoms with E-state index in [1.54, 1.807) is 31.2 Å². The largest absolute Gasteiger partial charge is 0.339 e. The number of anilines is 4. The zero-order valence-electron chi connectivity index (χ0n) is 33.9. The van der Waals surface area contributed by atoms with E-state index in [9.17, 15) is 57.1 Å². The van der Waals surface area contributed by atoms with Gasteiger partial charge in [0.05, 0.1) is 53.6 Å². The number of hydrogen-bond donors (Lipinski definition) is 6. The summed E-state index contributed by atoms with van der Waals surface area (Å²) in [6, 6.07) is 29.9. The summed E-state index contributed by atoms with van der Waals surface area (Å²) >= 11 is 0. The Kier molecular flexibility index (Phi) is 13.1. The SMILES string of the molecule is Cc1c(C#N)c(Nc2ccc(S(=O)(=O)O)cc2)nc(Nc2ccc(S(=O)(=O)O)cc2)c1/N=N/c1ccc(/N=N/c2ccc(/N=N/c3ccc(S(=O)(=O)O)cc3)c3cc(S(=O)(=O)O)ccc23)cc1. The second-order valence-electron chi connectivity index (χ2n) is 13.9. The molecule has 0 unspecified atom stereocenters. The Balaban J connectivity index is 1.18. The number of benzene rings is 6. The minimum atomic E-state index is -4.63. The minimum absolute atomic E-state index is 0.0161. The molecule has 7 rings (SSSR count). The van der Waals surface area contributed by atoms with E-state index in [2.05, 4.69) is 52.4 Å². The summed E-state index contributed by atoms with van der Waals surface area (Å²) in [7, 11) is -18.1. The van der Waals surface area contributed by atoms with Crippen LogP contribution in [0.15, 0.2) is 178 Å². The second kappa shape index (κ2) is 18.6. The zero-order valence-corrected chi connectivity index (χ0v) is 37.2. The number of aromatic nitrogens is 1. The number of nitrogens with zero attached hydrogens (tertiary/aromatic N) is 8. The summed E-state index contributed by atoms with van der Waals surface area (Å²) in [5.74, 6) is 0.0578. The maximum absolute atomic E-state index is 12.0. The van der Waals surface area contributed by atoms with E-state index >= 15 is 0 Å². The molecule has 6 aromatic carbocycles. The zero-order chi connectivity index (χ0) is 48.3. The van der Waals surface area contributed by atoms with Gasteiger partial charge in [-0.1, -0.05) is 6.07 Å². The van der Waals surface area contributed by atoms with Crippen LogP contribution in [0.1, 0.15) is 11.1 Å². The van der Waals surface area contributed by atoms with Crippen LogP contribution in [0.5, 0.6) is 0 Å². The molecule has 6 N–H and O–H groups in total. The molecule has 0 saturated carbocycles. The molecule has 0 radical (unpaired) electrons. The van der Waals surface area contributed by atoms with E-state index in [0.717, 1.165) is 36.4 Å². The van der Waals surface area contributed by atoms with Gasteiger partial charge >= 0.3 is 0 Å². The highest BCUT2D eigenvalue weighted by atomic mass is 32.2. The second-order valence-corrected chi connectivity index (χ2v) is 19.6. The Labute approximate surface area is 381 Å². The Hall–Kier alpha value is -7.74. The molecule has 0 aliphatic rings.